The summed E-state index contributed by atoms with van der Waals surface area (Å²) in [6.07, 6.45) is -6.03. The highest BCUT2D eigenvalue weighted by molar-refractivity contribution is 6.59. The van der Waals surface area contributed by atoms with Crippen LogP contribution in [0.25, 0.3) is 0 Å². The summed E-state index contributed by atoms with van der Waals surface area (Å²) in [6, 6.07) is 0.897. The van der Waals surface area contributed by atoms with Gasteiger partial charge in [-0.25, -0.2) is 4.39 Å². The summed E-state index contributed by atoms with van der Waals surface area (Å²) in [5, 5.41) is 18.0. The number of ether oxygens (including phenoxy) is 2. The second-order valence-corrected chi connectivity index (χ2v) is 3.91. The fraction of sp³-hybridized carbons (Fsp3) is 0.400. The summed E-state index contributed by atoms with van der Waals surface area (Å²) >= 11 is 0. The number of rotatable bonds is 2. The fourth-order valence-corrected chi connectivity index (χ4v) is 1.79. The van der Waals surface area contributed by atoms with Crippen LogP contribution in [0.3, 0.4) is 0 Å². The summed E-state index contributed by atoms with van der Waals surface area (Å²) < 4.78 is 61.5. The number of hydrogen-bond acceptors (Lipinski definition) is 4. The first-order valence-corrected chi connectivity index (χ1v) is 5.30. The SMILES string of the molecule is OB(O)c1cc(C2OCCO2)c(F)cc1C(F)(F)F. The van der Waals surface area contributed by atoms with Gasteiger partial charge in [0.25, 0.3) is 0 Å². The largest absolute Gasteiger partial charge is 0.489 e. The monoisotopic (exact) mass is 280 g/mol. The van der Waals surface area contributed by atoms with Crippen molar-refractivity contribution in [3.63, 3.8) is 0 Å². The third-order valence-electron chi connectivity index (χ3n) is 2.63. The number of hydrogen-bond donors (Lipinski definition) is 2. The van der Waals surface area contributed by atoms with Gasteiger partial charge in [0.2, 0.25) is 0 Å². The van der Waals surface area contributed by atoms with Crippen LogP contribution in [0.2, 0.25) is 0 Å². The van der Waals surface area contributed by atoms with Crippen molar-refractivity contribution in [2.75, 3.05) is 13.2 Å². The summed E-state index contributed by atoms with van der Waals surface area (Å²) in [5.41, 5.74) is -2.58. The lowest BCUT2D eigenvalue weighted by Gasteiger charge is -2.17. The third-order valence-corrected chi connectivity index (χ3v) is 2.63. The molecule has 0 atom stereocenters. The molecule has 0 aromatic heterocycles. The molecule has 0 amide bonds. The maximum Gasteiger partial charge on any atom is 0.489 e. The van der Waals surface area contributed by atoms with Gasteiger partial charge in [0.1, 0.15) is 5.82 Å². The molecule has 1 aromatic carbocycles. The predicted octanol–water partition coefficient (Wildman–Crippen LogP) is 0.570. The van der Waals surface area contributed by atoms with Gasteiger partial charge < -0.3 is 19.5 Å². The van der Waals surface area contributed by atoms with E-state index in [1.165, 1.54) is 0 Å². The van der Waals surface area contributed by atoms with Crippen LogP contribution in [0.4, 0.5) is 17.6 Å². The van der Waals surface area contributed by atoms with Crippen LogP contribution >= 0.6 is 0 Å². The molecule has 1 fully saturated rings. The van der Waals surface area contributed by atoms with Crippen LogP contribution in [0, 0.1) is 5.82 Å². The molecule has 0 saturated carbocycles. The molecular formula is C10H9BF4O4. The summed E-state index contributed by atoms with van der Waals surface area (Å²) in [6.45, 7) is 0.365. The van der Waals surface area contributed by atoms with Crippen LogP contribution in [0.15, 0.2) is 12.1 Å². The number of alkyl halides is 3. The summed E-state index contributed by atoms with van der Waals surface area (Å²) in [7, 11) is -2.38. The molecular weight excluding hydrogens is 271 g/mol. The van der Waals surface area contributed by atoms with E-state index in [-0.39, 0.29) is 24.8 Å². The molecule has 104 valence electrons. The molecule has 0 radical (unpaired) electrons. The van der Waals surface area contributed by atoms with Crippen LogP contribution in [-0.2, 0) is 15.7 Å². The standard InChI is InChI=1S/C10H9BF4O4/c12-8-4-6(10(13,14)15)7(11(16)17)3-5(8)9-18-1-2-19-9/h3-4,9,16-17H,1-2H2. The molecule has 0 unspecified atom stereocenters. The Hall–Kier alpha value is -1.16. The Kier molecular flexibility index (Phi) is 3.81. The van der Waals surface area contributed by atoms with E-state index in [4.69, 9.17) is 19.5 Å². The van der Waals surface area contributed by atoms with Crippen LogP contribution in [0.1, 0.15) is 17.4 Å². The highest BCUT2D eigenvalue weighted by atomic mass is 19.4. The molecule has 0 spiro atoms. The second kappa shape index (κ2) is 5.08. The molecule has 1 aromatic rings. The van der Waals surface area contributed by atoms with E-state index < -0.39 is 36.4 Å². The average molecular weight is 280 g/mol. The van der Waals surface area contributed by atoms with E-state index in [0.717, 1.165) is 0 Å². The Morgan fingerprint density at radius 1 is 1.16 bits per heavy atom. The van der Waals surface area contributed by atoms with Crippen molar-refractivity contribution in [3.8, 4) is 0 Å². The highest BCUT2D eigenvalue weighted by Gasteiger charge is 2.38. The van der Waals surface area contributed by atoms with Crippen LogP contribution < -0.4 is 5.46 Å². The quantitative estimate of drug-likeness (QED) is 0.614. The Morgan fingerprint density at radius 3 is 2.21 bits per heavy atom. The molecule has 0 bridgehead atoms. The zero-order valence-corrected chi connectivity index (χ0v) is 9.45. The zero-order chi connectivity index (χ0) is 14.2. The average Bonchev–Trinajstić information content (AvgIpc) is 2.80. The molecule has 0 aliphatic carbocycles. The number of benzene rings is 1. The van der Waals surface area contributed by atoms with Crippen LogP contribution in [0.5, 0.6) is 0 Å². The van der Waals surface area contributed by atoms with Crippen molar-refractivity contribution in [2.24, 2.45) is 0 Å². The van der Waals surface area contributed by atoms with Crippen molar-refractivity contribution in [3.05, 3.63) is 29.1 Å². The van der Waals surface area contributed by atoms with E-state index in [2.05, 4.69) is 0 Å². The first kappa shape index (κ1) is 14.3. The van der Waals surface area contributed by atoms with Gasteiger partial charge in [0.05, 0.1) is 18.8 Å². The van der Waals surface area contributed by atoms with E-state index in [1.54, 1.807) is 0 Å². The number of halogens is 4. The fourth-order valence-electron chi connectivity index (χ4n) is 1.79. The predicted molar refractivity (Wildman–Crippen MR) is 55.9 cm³/mol. The molecule has 9 heteroatoms. The van der Waals surface area contributed by atoms with E-state index >= 15 is 0 Å². The molecule has 4 nitrogen and oxygen atoms in total. The van der Waals surface area contributed by atoms with E-state index in [9.17, 15) is 17.6 Å². The second-order valence-electron chi connectivity index (χ2n) is 3.91. The lowest BCUT2D eigenvalue weighted by Crippen LogP contribution is -2.37. The van der Waals surface area contributed by atoms with Crippen molar-refractivity contribution < 1.29 is 37.1 Å². The Bertz CT molecular complexity index is 471. The minimum atomic E-state index is -4.89. The highest BCUT2D eigenvalue weighted by Crippen LogP contribution is 2.32. The molecule has 19 heavy (non-hydrogen) atoms. The summed E-state index contributed by atoms with van der Waals surface area (Å²) in [4.78, 5) is 0. The minimum Gasteiger partial charge on any atom is -0.423 e. The third kappa shape index (κ3) is 2.89. The molecule has 1 heterocycles. The first-order valence-electron chi connectivity index (χ1n) is 5.30. The van der Waals surface area contributed by atoms with E-state index in [0.29, 0.717) is 6.07 Å². The molecule has 2 N–H and O–H groups in total. The van der Waals surface area contributed by atoms with Gasteiger partial charge in [-0.3, -0.25) is 0 Å². The lowest BCUT2D eigenvalue weighted by molar-refractivity contribution is -0.137. The van der Waals surface area contributed by atoms with Crippen molar-refractivity contribution >= 4 is 12.6 Å². The van der Waals surface area contributed by atoms with Gasteiger partial charge in [0.15, 0.2) is 6.29 Å². The molecule has 1 saturated heterocycles. The van der Waals surface area contributed by atoms with Gasteiger partial charge in [-0.15, -0.1) is 0 Å². The van der Waals surface area contributed by atoms with E-state index in [1.807, 2.05) is 0 Å². The normalized spacial score (nSPS) is 16.9. The van der Waals surface area contributed by atoms with Crippen LogP contribution in [-0.4, -0.2) is 30.4 Å². The van der Waals surface area contributed by atoms with Gasteiger partial charge in [0, 0.05) is 5.56 Å². The summed E-state index contributed by atoms with van der Waals surface area (Å²) in [5.74, 6) is -1.18. The van der Waals surface area contributed by atoms with Gasteiger partial charge in [-0.05, 0) is 11.5 Å². The zero-order valence-electron chi connectivity index (χ0n) is 9.45. The Morgan fingerprint density at radius 2 is 1.74 bits per heavy atom. The molecule has 1 aliphatic heterocycles. The molecule has 1 aliphatic rings. The maximum absolute atomic E-state index is 13.7. The Balaban J connectivity index is 2.51. The van der Waals surface area contributed by atoms with Gasteiger partial charge in [-0.1, -0.05) is 6.07 Å². The van der Waals surface area contributed by atoms with Gasteiger partial charge >= 0.3 is 13.3 Å². The first-order chi connectivity index (χ1) is 8.80. The van der Waals surface area contributed by atoms with Crippen molar-refractivity contribution in [2.45, 2.75) is 12.5 Å². The Labute approximate surface area is 105 Å². The maximum atomic E-state index is 13.7. The smallest absolute Gasteiger partial charge is 0.423 e. The minimum absolute atomic E-state index is 0.183. The van der Waals surface area contributed by atoms with Gasteiger partial charge in [-0.2, -0.15) is 13.2 Å². The molecule has 2 rings (SSSR count). The lowest BCUT2D eigenvalue weighted by atomic mass is 9.75. The topological polar surface area (TPSA) is 58.9 Å². The van der Waals surface area contributed by atoms with Crippen molar-refractivity contribution in [1.82, 2.24) is 0 Å². The van der Waals surface area contributed by atoms with Crippen molar-refractivity contribution in [1.29, 1.82) is 0 Å².